The molecular weight excluding hydrogens is 224 g/mol. The van der Waals surface area contributed by atoms with E-state index >= 15 is 0 Å². The van der Waals surface area contributed by atoms with Crippen molar-refractivity contribution in [1.29, 1.82) is 0 Å². The summed E-state index contributed by atoms with van der Waals surface area (Å²) in [6, 6.07) is 14.4. The van der Waals surface area contributed by atoms with Crippen molar-refractivity contribution in [2.45, 2.75) is 13.8 Å². The molecule has 0 saturated carbocycles. The molecule has 2 aromatic carbocycles. The third-order valence-electron chi connectivity index (χ3n) is 2.69. The van der Waals surface area contributed by atoms with Crippen molar-refractivity contribution in [3.05, 3.63) is 42.5 Å². The zero-order valence-corrected chi connectivity index (χ0v) is 11.1. The molecule has 0 aliphatic rings. The van der Waals surface area contributed by atoms with Gasteiger partial charge in [-0.2, -0.15) is 0 Å². The van der Waals surface area contributed by atoms with Gasteiger partial charge in [0.05, 0.1) is 6.61 Å². The highest BCUT2D eigenvalue weighted by Gasteiger charge is 2.01. The molecule has 96 valence electrons. The van der Waals surface area contributed by atoms with Crippen LogP contribution in [0.1, 0.15) is 13.8 Å². The highest BCUT2D eigenvalue weighted by Crippen LogP contribution is 2.24. The molecule has 0 atom stereocenters. The van der Waals surface area contributed by atoms with Crippen LogP contribution in [0.4, 0.5) is 0 Å². The van der Waals surface area contributed by atoms with E-state index in [1.54, 1.807) is 0 Å². The maximum Gasteiger partial charge on any atom is 0.127 e. The fourth-order valence-electron chi connectivity index (χ4n) is 1.85. The number of hydrogen-bond donors (Lipinski definition) is 0. The molecule has 2 rings (SSSR count). The molecule has 0 spiro atoms. The lowest BCUT2D eigenvalue weighted by molar-refractivity contribution is 0.0823. The lowest BCUT2D eigenvalue weighted by Crippen LogP contribution is -2.10. The Labute approximate surface area is 109 Å². The van der Waals surface area contributed by atoms with Gasteiger partial charge in [-0.25, -0.2) is 0 Å². The van der Waals surface area contributed by atoms with Gasteiger partial charge < -0.3 is 9.47 Å². The summed E-state index contributed by atoms with van der Waals surface area (Å²) in [7, 11) is 0. The second-order valence-electron chi connectivity index (χ2n) is 4.79. The van der Waals surface area contributed by atoms with Crippen LogP contribution in [0.3, 0.4) is 0 Å². The topological polar surface area (TPSA) is 18.5 Å². The average molecular weight is 244 g/mol. The minimum absolute atomic E-state index is 0.572. The summed E-state index contributed by atoms with van der Waals surface area (Å²) < 4.78 is 11.3. The Morgan fingerprint density at radius 3 is 2.56 bits per heavy atom. The van der Waals surface area contributed by atoms with E-state index in [2.05, 4.69) is 32.0 Å². The lowest BCUT2D eigenvalue weighted by atomic mass is 10.1. The Hall–Kier alpha value is -1.54. The van der Waals surface area contributed by atoms with E-state index in [-0.39, 0.29) is 0 Å². The molecule has 2 aromatic rings. The van der Waals surface area contributed by atoms with Gasteiger partial charge in [-0.1, -0.05) is 50.2 Å². The van der Waals surface area contributed by atoms with Crippen LogP contribution in [0.5, 0.6) is 5.75 Å². The Kier molecular flexibility index (Phi) is 4.59. The summed E-state index contributed by atoms with van der Waals surface area (Å²) in [6.45, 7) is 6.32. The normalized spacial score (nSPS) is 11.1. The fraction of sp³-hybridized carbons (Fsp3) is 0.375. The summed E-state index contributed by atoms with van der Waals surface area (Å²) in [4.78, 5) is 0. The van der Waals surface area contributed by atoms with Gasteiger partial charge in [-0.3, -0.25) is 0 Å². The van der Waals surface area contributed by atoms with Crippen LogP contribution < -0.4 is 4.74 Å². The van der Waals surface area contributed by atoms with E-state index < -0.39 is 0 Å². The first kappa shape index (κ1) is 12.9. The van der Waals surface area contributed by atoms with Crippen LogP contribution in [-0.2, 0) is 4.74 Å². The monoisotopic (exact) mass is 244 g/mol. The van der Waals surface area contributed by atoms with Gasteiger partial charge in [0.1, 0.15) is 12.4 Å². The largest absolute Gasteiger partial charge is 0.491 e. The summed E-state index contributed by atoms with van der Waals surface area (Å²) in [5.41, 5.74) is 0. The Morgan fingerprint density at radius 1 is 0.944 bits per heavy atom. The van der Waals surface area contributed by atoms with Crippen molar-refractivity contribution < 1.29 is 9.47 Å². The van der Waals surface area contributed by atoms with Gasteiger partial charge >= 0.3 is 0 Å². The highest BCUT2D eigenvalue weighted by molar-refractivity contribution is 5.88. The quantitative estimate of drug-likeness (QED) is 0.718. The van der Waals surface area contributed by atoms with Gasteiger partial charge in [0.2, 0.25) is 0 Å². The maximum atomic E-state index is 5.78. The Bertz CT molecular complexity index is 486. The van der Waals surface area contributed by atoms with Gasteiger partial charge in [0, 0.05) is 12.0 Å². The van der Waals surface area contributed by atoms with Gasteiger partial charge in [-0.15, -0.1) is 0 Å². The van der Waals surface area contributed by atoms with Crippen LogP contribution in [-0.4, -0.2) is 19.8 Å². The number of ether oxygens (including phenoxy) is 2. The Balaban J connectivity index is 1.91. The van der Waals surface area contributed by atoms with E-state index in [1.807, 2.05) is 24.3 Å². The summed E-state index contributed by atoms with van der Waals surface area (Å²) >= 11 is 0. The van der Waals surface area contributed by atoms with Crippen molar-refractivity contribution in [3.63, 3.8) is 0 Å². The minimum atomic E-state index is 0.572. The SMILES string of the molecule is CC(C)COCCOc1cccc2ccccc12. The molecule has 0 aliphatic carbocycles. The molecule has 0 amide bonds. The maximum absolute atomic E-state index is 5.78. The lowest BCUT2D eigenvalue weighted by Gasteiger charge is -2.10. The van der Waals surface area contributed by atoms with Crippen LogP contribution in [0.2, 0.25) is 0 Å². The molecule has 0 heterocycles. The first-order valence-electron chi connectivity index (χ1n) is 6.45. The molecule has 0 aromatic heterocycles. The molecule has 0 radical (unpaired) electrons. The second kappa shape index (κ2) is 6.41. The van der Waals surface area contributed by atoms with Crippen LogP contribution >= 0.6 is 0 Å². The fourth-order valence-corrected chi connectivity index (χ4v) is 1.85. The Morgan fingerprint density at radius 2 is 1.72 bits per heavy atom. The predicted octanol–water partition coefficient (Wildman–Crippen LogP) is 3.89. The van der Waals surface area contributed by atoms with Crippen LogP contribution in [0.25, 0.3) is 10.8 Å². The number of hydrogen-bond acceptors (Lipinski definition) is 2. The van der Waals surface area contributed by atoms with Gasteiger partial charge in [0.15, 0.2) is 0 Å². The van der Waals surface area contributed by atoms with Crippen molar-refractivity contribution >= 4 is 10.8 Å². The molecule has 2 heteroatoms. The molecule has 2 nitrogen and oxygen atoms in total. The number of rotatable bonds is 6. The van der Waals surface area contributed by atoms with Crippen molar-refractivity contribution in [2.75, 3.05) is 19.8 Å². The minimum Gasteiger partial charge on any atom is -0.491 e. The van der Waals surface area contributed by atoms with Crippen LogP contribution in [0, 0.1) is 5.92 Å². The van der Waals surface area contributed by atoms with Crippen molar-refractivity contribution in [2.24, 2.45) is 5.92 Å². The third kappa shape index (κ3) is 3.47. The molecule has 0 unspecified atom stereocenters. The van der Waals surface area contributed by atoms with Crippen LogP contribution in [0.15, 0.2) is 42.5 Å². The highest BCUT2D eigenvalue weighted by atomic mass is 16.5. The van der Waals surface area contributed by atoms with Gasteiger partial charge in [0.25, 0.3) is 0 Å². The van der Waals surface area contributed by atoms with Crippen molar-refractivity contribution in [3.8, 4) is 5.75 Å². The number of fused-ring (bicyclic) bond motifs is 1. The zero-order chi connectivity index (χ0) is 12.8. The van der Waals surface area contributed by atoms with E-state index in [1.165, 1.54) is 5.39 Å². The molecule has 0 saturated heterocycles. The van der Waals surface area contributed by atoms with E-state index in [4.69, 9.17) is 9.47 Å². The predicted molar refractivity (Wildman–Crippen MR) is 75.1 cm³/mol. The first-order valence-corrected chi connectivity index (χ1v) is 6.45. The number of benzene rings is 2. The average Bonchev–Trinajstić information content (AvgIpc) is 2.38. The van der Waals surface area contributed by atoms with Crippen molar-refractivity contribution in [1.82, 2.24) is 0 Å². The summed E-state index contributed by atoms with van der Waals surface area (Å²) in [5, 5.41) is 2.36. The summed E-state index contributed by atoms with van der Waals surface area (Å²) in [5.74, 6) is 1.50. The summed E-state index contributed by atoms with van der Waals surface area (Å²) in [6.07, 6.45) is 0. The molecule has 18 heavy (non-hydrogen) atoms. The molecule has 0 N–H and O–H groups in total. The third-order valence-corrected chi connectivity index (χ3v) is 2.69. The standard InChI is InChI=1S/C16H20O2/c1-13(2)12-17-10-11-18-16-9-5-7-14-6-3-4-8-15(14)16/h3-9,13H,10-12H2,1-2H3. The second-order valence-corrected chi connectivity index (χ2v) is 4.79. The van der Waals surface area contributed by atoms with E-state index in [0.717, 1.165) is 17.7 Å². The van der Waals surface area contributed by atoms with Gasteiger partial charge in [-0.05, 0) is 17.4 Å². The molecular formula is C16H20O2. The van der Waals surface area contributed by atoms with E-state index in [0.29, 0.717) is 19.1 Å². The first-order chi connectivity index (χ1) is 8.77. The molecule has 0 bridgehead atoms. The molecule has 0 fully saturated rings. The van der Waals surface area contributed by atoms with E-state index in [9.17, 15) is 0 Å². The smallest absolute Gasteiger partial charge is 0.127 e. The zero-order valence-electron chi connectivity index (χ0n) is 11.1. The molecule has 0 aliphatic heterocycles.